The molecule has 0 bridgehead atoms. The average Bonchev–Trinajstić information content (AvgIpc) is 0.722. The largest absolute Gasteiger partial charge is 1.00 e. The van der Waals surface area contributed by atoms with Gasteiger partial charge >= 0.3 is 51.0 Å². The molecule has 0 unspecified atom stereocenters. The first-order chi connectivity index (χ1) is 2.00. The van der Waals surface area contributed by atoms with Crippen LogP contribution in [0.15, 0.2) is 0 Å². The van der Waals surface area contributed by atoms with Gasteiger partial charge in [0.05, 0.1) is 0 Å². The topological polar surface area (TPSA) is 74.6 Å². The quantitative estimate of drug-likeness (QED) is 0.426. The molecule has 0 rings (SSSR count). The van der Waals surface area contributed by atoms with Gasteiger partial charge in [-0.3, -0.25) is 0 Å². The standard InChI is InChI=1S/Li.H2O4Te.V.H/c;1-5(2,3)4;;/h;(H2,1,2,3,4);;/q+1;;;-1. The molecule has 0 atom stereocenters. The second-order valence-corrected chi connectivity index (χ2v) is 3.00. The summed E-state index contributed by atoms with van der Waals surface area (Å²) >= 11 is -5.52. The maximum Gasteiger partial charge on any atom is 1.00 e. The Morgan fingerprint density at radius 2 is 1.29 bits per heavy atom. The average molecular weight is 253 g/mol. The summed E-state index contributed by atoms with van der Waals surface area (Å²) in [5.74, 6) is 0. The predicted molar refractivity (Wildman–Crippen MR) is 12.7 cm³/mol. The van der Waals surface area contributed by atoms with Gasteiger partial charge in [-0.05, 0) is 0 Å². The van der Waals surface area contributed by atoms with Crippen molar-refractivity contribution in [2.24, 2.45) is 0 Å². The Morgan fingerprint density at radius 3 is 1.29 bits per heavy atom. The van der Waals surface area contributed by atoms with E-state index in [1.165, 1.54) is 0 Å². The van der Waals surface area contributed by atoms with Crippen LogP contribution in [-0.2, 0) is 24.8 Å². The Bertz CT molecular complexity index is 99.2. The Morgan fingerprint density at radius 1 is 1.29 bits per heavy atom. The molecule has 2 N–H and O–H groups in total. The van der Waals surface area contributed by atoms with E-state index in [2.05, 4.69) is 0 Å². The predicted octanol–water partition coefficient (Wildman–Crippen LogP) is -4.62. The molecule has 0 aromatic carbocycles. The first kappa shape index (κ1) is 15.8. The van der Waals surface area contributed by atoms with E-state index in [-0.39, 0.29) is 38.8 Å². The second kappa shape index (κ2) is 5.62. The fourth-order valence-electron chi connectivity index (χ4n) is 0. The van der Waals surface area contributed by atoms with E-state index in [0.717, 1.165) is 0 Å². The molecule has 7 heteroatoms. The van der Waals surface area contributed by atoms with E-state index >= 15 is 0 Å². The van der Waals surface area contributed by atoms with E-state index in [1.54, 1.807) is 0 Å². The van der Waals surface area contributed by atoms with Crippen molar-refractivity contribution in [1.82, 2.24) is 0 Å². The van der Waals surface area contributed by atoms with E-state index in [4.69, 9.17) is 13.2 Å². The summed E-state index contributed by atoms with van der Waals surface area (Å²) < 4.78 is 32.0. The molecule has 0 amide bonds. The van der Waals surface area contributed by atoms with Crippen molar-refractivity contribution < 1.29 is 52.0 Å². The van der Waals surface area contributed by atoms with E-state index < -0.39 is 19.0 Å². The monoisotopic (exact) mass is 255 g/mol. The van der Waals surface area contributed by atoms with Crippen LogP contribution in [0, 0.1) is 0 Å². The van der Waals surface area contributed by atoms with Gasteiger partial charge in [-0.25, -0.2) is 0 Å². The molecule has 0 aliphatic carbocycles. The van der Waals surface area contributed by atoms with Crippen molar-refractivity contribution in [3.63, 3.8) is 0 Å². The van der Waals surface area contributed by atoms with Crippen LogP contribution in [0.4, 0.5) is 0 Å². The van der Waals surface area contributed by atoms with Crippen molar-refractivity contribution >= 4 is 19.0 Å². The molecular weight excluding hydrogens is 249 g/mol. The molecule has 7 heavy (non-hydrogen) atoms. The molecule has 0 aromatic heterocycles. The third kappa shape index (κ3) is 102. The van der Waals surface area contributed by atoms with Gasteiger partial charge in [0.2, 0.25) is 0 Å². The maximum atomic E-state index is 8.85. The summed E-state index contributed by atoms with van der Waals surface area (Å²) in [6.07, 6.45) is 0. The Labute approximate surface area is 70.5 Å². The third-order valence-corrected chi connectivity index (χ3v) is 0. The molecule has 0 aliphatic rings. The molecule has 0 aliphatic heterocycles. The molecule has 0 saturated carbocycles. The Kier molecular flexibility index (Phi) is 12.7. The van der Waals surface area contributed by atoms with Crippen LogP contribution in [0.3, 0.4) is 0 Å². The van der Waals surface area contributed by atoms with Crippen molar-refractivity contribution in [3.05, 3.63) is 0 Å². The van der Waals surface area contributed by atoms with Crippen LogP contribution in [-0.4, -0.2) is 25.9 Å². The fraction of sp³-hybridized carbons (Fsp3) is 0. The molecule has 0 spiro atoms. The van der Waals surface area contributed by atoms with Gasteiger partial charge in [0.15, 0.2) is 0 Å². The normalized spacial score (nSPS) is 8.29. The van der Waals surface area contributed by atoms with Crippen LogP contribution in [0.1, 0.15) is 1.43 Å². The maximum absolute atomic E-state index is 8.85. The van der Waals surface area contributed by atoms with Crippen molar-refractivity contribution in [2.75, 3.05) is 0 Å². The molecule has 39 valence electrons. The number of hydrogen-bond donors (Lipinski definition) is 2. The Balaban J connectivity index is -0.0000000267. The van der Waals surface area contributed by atoms with Crippen LogP contribution in [0.2, 0.25) is 0 Å². The van der Waals surface area contributed by atoms with Gasteiger partial charge in [-0.2, -0.15) is 0 Å². The van der Waals surface area contributed by atoms with Gasteiger partial charge in [0.25, 0.3) is 0 Å². The molecule has 0 fully saturated rings. The zero-order chi connectivity index (χ0) is 4.50. The summed E-state index contributed by atoms with van der Waals surface area (Å²) in [6, 6.07) is 0. The van der Waals surface area contributed by atoms with E-state index in [1.807, 2.05) is 0 Å². The summed E-state index contributed by atoms with van der Waals surface area (Å²) in [5, 5.41) is 0. The van der Waals surface area contributed by atoms with Crippen LogP contribution >= 0.6 is 0 Å². The zero-order valence-electron chi connectivity index (χ0n) is 4.57. The minimum Gasteiger partial charge on any atom is -1.00 e. The SMILES string of the molecule is O=[Te](=O)(O)O.[H-].[Li+].[V]. The minimum atomic E-state index is -5.52. The smallest absolute Gasteiger partial charge is 1.00 e. The van der Waals surface area contributed by atoms with Crippen LogP contribution < -0.4 is 18.9 Å². The molecule has 0 aromatic rings. The van der Waals surface area contributed by atoms with Gasteiger partial charge in [0, 0.05) is 18.6 Å². The third-order valence-electron chi connectivity index (χ3n) is 0. The van der Waals surface area contributed by atoms with Gasteiger partial charge in [0.1, 0.15) is 0 Å². The molecular formula is H3LiO4TeV. The Hall–Kier alpha value is 1.49. The molecule has 4 nitrogen and oxygen atoms in total. The fourth-order valence-corrected chi connectivity index (χ4v) is 0. The van der Waals surface area contributed by atoms with E-state index in [0.29, 0.717) is 0 Å². The molecule has 1 radical (unpaired) electrons. The van der Waals surface area contributed by atoms with Crippen molar-refractivity contribution in [2.45, 2.75) is 0 Å². The van der Waals surface area contributed by atoms with Crippen LogP contribution in [0.25, 0.3) is 0 Å². The van der Waals surface area contributed by atoms with Gasteiger partial charge in [-0.15, -0.1) is 0 Å². The summed E-state index contributed by atoms with van der Waals surface area (Å²) in [5.41, 5.74) is 0. The van der Waals surface area contributed by atoms with Crippen molar-refractivity contribution in [1.29, 1.82) is 0 Å². The second-order valence-electron chi connectivity index (χ2n) is 0.448. The van der Waals surface area contributed by atoms with E-state index in [9.17, 15) is 0 Å². The minimum absolute atomic E-state index is 0. The van der Waals surface area contributed by atoms with Crippen molar-refractivity contribution in [3.8, 4) is 0 Å². The number of hydrogen-bond acceptors (Lipinski definition) is 2. The zero-order valence-corrected chi connectivity index (χ0v) is 7.29. The number of rotatable bonds is 0. The first-order valence-corrected chi connectivity index (χ1v) is 4.69. The van der Waals surface area contributed by atoms with Crippen LogP contribution in [0.5, 0.6) is 0 Å². The summed E-state index contributed by atoms with van der Waals surface area (Å²) in [7, 11) is 0. The summed E-state index contributed by atoms with van der Waals surface area (Å²) in [6.45, 7) is 0. The molecule has 0 saturated heterocycles. The molecule has 0 heterocycles. The summed E-state index contributed by atoms with van der Waals surface area (Å²) in [4.78, 5) is 0. The van der Waals surface area contributed by atoms with Gasteiger partial charge in [-0.1, -0.05) is 0 Å². The first-order valence-electron chi connectivity index (χ1n) is 0.698. The van der Waals surface area contributed by atoms with Gasteiger partial charge < -0.3 is 1.43 Å².